The molecule has 0 aromatic carbocycles. The second-order valence-electron chi connectivity index (χ2n) is 6.24. The highest BCUT2D eigenvalue weighted by atomic mass is 127. The molecule has 1 aliphatic heterocycles. The first-order valence-electron chi connectivity index (χ1n) is 9.13. The molecule has 0 saturated carbocycles. The maximum absolute atomic E-state index is 12.6. The van der Waals surface area contributed by atoms with E-state index in [1.807, 2.05) is 25.1 Å². The number of rotatable bonds is 6. The first-order chi connectivity index (χ1) is 13.6. The van der Waals surface area contributed by atoms with Gasteiger partial charge in [0.15, 0.2) is 5.96 Å². The van der Waals surface area contributed by atoms with Gasteiger partial charge < -0.3 is 19.9 Å². The molecule has 1 saturated heterocycles. The summed E-state index contributed by atoms with van der Waals surface area (Å²) in [6.45, 7) is 5.08. The van der Waals surface area contributed by atoms with E-state index >= 15 is 0 Å². The van der Waals surface area contributed by atoms with Crippen LogP contribution < -0.4 is 15.0 Å². The van der Waals surface area contributed by atoms with Crippen molar-refractivity contribution >= 4 is 53.1 Å². The number of nitrogens with one attached hydrogen (secondary N) is 1. The first kappa shape index (κ1) is 23.2. The minimum Gasteiger partial charge on any atom is -0.476 e. The van der Waals surface area contributed by atoms with E-state index in [1.54, 1.807) is 27.9 Å². The Labute approximate surface area is 192 Å². The van der Waals surface area contributed by atoms with Crippen LogP contribution in [0, 0.1) is 0 Å². The second kappa shape index (κ2) is 11.2. The van der Waals surface area contributed by atoms with Crippen LogP contribution in [0.15, 0.2) is 35.7 Å². The summed E-state index contributed by atoms with van der Waals surface area (Å²) in [5.74, 6) is 1.23. The number of hydrogen-bond donors (Lipinski definition) is 1. The molecule has 1 aliphatic rings. The number of aliphatic imine (C=N–C) groups is 1. The molecule has 0 aliphatic carbocycles. The van der Waals surface area contributed by atoms with Crippen molar-refractivity contribution in [2.24, 2.45) is 12.0 Å². The fourth-order valence-electron chi connectivity index (χ4n) is 2.85. The van der Waals surface area contributed by atoms with Crippen molar-refractivity contribution in [3.63, 3.8) is 0 Å². The predicted molar refractivity (Wildman–Crippen MR) is 123 cm³/mol. The van der Waals surface area contributed by atoms with Gasteiger partial charge in [-0.15, -0.1) is 24.0 Å². The Morgan fingerprint density at radius 3 is 2.79 bits per heavy atom. The molecule has 0 bridgehead atoms. The van der Waals surface area contributed by atoms with Gasteiger partial charge in [0.25, 0.3) is 0 Å². The van der Waals surface area contributed by atoms with E-state index in [0.717, 1.165) is 12.2 Å². The van der Waals surface area contributed by atoms with E-state index in [1.165, 1.54) is 6.20 Å². The molecule has 2 aromatic heterocycles. The van der Waals surface area contributed by atoms with Gasteiger partial charge in [0.2, 0.25) is 11.8 Å². The molecule has 11 heteroatoms. The van der Waals surface area contributed by atoms with E-state index in [4.69, 9.17) is 16.3 Å². The quantitative estimate of drug-likeness (QED) is 0.264. The minimum atomic E-state index is 0. The Kier molecular flexibility index (Phi) is 8.96. The number of pyridine rings is 1. The van der Waals surface area contributed by atoms with Crippen LogP contribution in [-0.4, -0.2) is 70.9 Å². The number of guanidine groups is 1. The Hall–Kier alpha value is -2.08. The maximum Gasteiger partial charge on any atom is 0.246 e. The van der Waals surface area contributed by atoms with Crippen LogP contribution in [0.5, 0.6) is 5.88 Å². The molecule has 158 valence electrons. The number of halogens is 2. The molecular weight excluding hydrogens is 509 g/mol. The van der Waals surface area contributed by atoms with Gasteiger partial charge in [-0.05, 0) is 13.0 Å². The smallest absolute Gasteiger partial charge is 0.246 e. The monoisotopic (exact) mass is 533 g/mol. The van der Waals surface area contributed by atoms with Gasteiger partial charge in [-0.1, -0.05) is 11.6 Å². The number of amides is 1. The molecule has 1 amide bonds. The minimum absolute atomic E-state index is 0. The molecule has 1 fully saturated rings. The number of nitrogens with zero attached hydrogens (tertiary/aromatic N) is 6. The van der Waals surface area contributed by atoms with Gasteiger partial charge in [-0.3, -0.25) is 9.48 Å². The van der Waals surface area contributed by atoms with Crippen molar-refractivity contribution in [3.8, 4) is 5.88 Å². The highest BCUT2D eigenvalue weighted by molar-refractivity contribution is 14.0. The molecule has 3 heterocycles. The zero-order valence-electron chi connectivity index (χ0n) is 16.4. The third-order valence-corrected chi connectivity index (χ3v) is 4.38. The van der Waals surface area contributed by atoms with Crippen LogP contribution in [0.2, 0.25) is 5.02 Å². The lowest BCUT2D eigenvalue weighted by atomic mass is 10.3. The van der Waals surface area contributed by atoms with Crippen LogP contribution in [0.3, 0.4) is 0 Å². The molecule has 3 rings (SSSR count). The number of anilines is 1. The molecular formula is C18H25ClIN7O2. The van der Waals surface area contributed by atoms with E-state index < -0.39 is 0 Å². The van der Waals surface area contributed by atoms with Crippen molar-refractivity contribution in [2.75, 3.05) is 44.2 Å². The van der Waals surface area contributed by atoms with E-state index in [9.17, 15) is 4.79 Å². The summed E-state index contributed by atoms with van der Waals surface area (Å²) in [7, 11) is 1.84. The van der Waals surface area contributed by atoms with Gasteiger partial charge in [-0.25, -0.2) is 9.98 Å². The maximum atomic E-state index is 12.6. The Morgan fingerprint density at radius 2 is 2.17 bits per heavy atom. The number of carbonyl (C=O) groups is 1. The summed E-state index contributed by atoms with van der Waals surface area (Å²) in [6, 6.07) is 3.44. The summed E-state index contributed by atoms with van der Waals surface area (Å²) in [5.41, 5.74) is 0.818. The fourth-order valence-corrected chi connectivity index (χ4v) is 2.96. The number of piperazine rings is 1. The Balaban J connectivity index is 0.00000300. The average molecular weight is 534 g/mol. The van der Waals surface area contributed by atoms with Crippen LogP contribution in [0.1, 0.15) is 6.92 Å². The summed E-state index contributed by atoms with van der Waals surface area (Å²) >= 11 is 5.81. The summed E-state index contributed by atoms with van der Waals surface area (Å²) in [6.07, 6.45) is 5.08. The predicted octanol–water partition coefficient (Wildman–Crippen LogP) is 1.78. The van der Waals surface area contributed by atoms with Crippen molar-refractivity contribution < 1.29 is 9.53 Å². The molecule has 0 unspecified atom stereocenters. The number of hydrogen-bond acceptors (Lipinski definition) is 5. The van der Waals surface area contributed by atoms with E-state index in [0.29, 0.717) is 43.1 Å². The summed E-state index contributed by atoms with van der Waals surface area (Å²) < 4.78 is 7.26. The number of ether oxygens (including phenoxy) is 1. The van der Waals surface area contributed by atoms with Gasteiger partial charge in [0.05, 0.1) is 23.5 Å². The average Bonchev–Trinajstić information content (AvgIpc) is 3.11. The highest BCUT2D eigenvalue weighted by Crippen LogP contribution is 2.16. The van der Waals surface area contributed by atoms with Gasteiger partial charge in [0, 0.05) is 45.1 Å². The van der Waals surface area contributed by atoms with Crippen LogP contribution in [0.25, 0.3) is 0 Å². The van der Waals surface area contributed by atoms with Crippen LogP contribution in [-0.2, 0) is 11.8 Å². The van der Waals surface area contributed by atoms with Crippen molar-refractivity contribution in [1.82, 2.24) is 25.0 Å². The third kappa shape index (κ3) is 6.46. The number of aryl methyl sites for hydroxylation is 1. The first-order valence-corrected chi connectivity index (χ1v) is 9.51. The van der Waals surface area contributed by atoms with E-state index in [-0.39, 0.29) is 36.4 Å². The standard InChI is InChI=1S/C18H24ClN7O2.HI/c1-3-20-18(21-6-9-28-16-5-4-14(19)10-22-16)25-7-8-26(17(27)13-25)15-11-23-24(2)12-15;/h4-5,10-12H,3,6-9,13H2,1-2H3,(H,20,21);1H. The van der Waals surface area contributed by atoms with Gasteiger partial charge >= 0.3 is 0 Å². The Morgan fingerprint density at radius 1 is 1.34 bits per heavy atom. The fraction of sp³-hybridized carbons (Fsp3) is 0.444. The Bertz CT molecular complexity index is 828. The lowest BCUT2D eigenvalue weighted by Crippen LogP contribution is -2.55. The largest absolute Gasteiger partial charge is 0.476 e. The van der Waals surface area contributed by atoms with Crippen LogP contribution in [0.4, 0.5) is 5.69 Å². The zero-order chi connectivity index (χ0) is 19.9. The SMILES string of the molecule is CCNC(=NCCOc1ccc(Cl)cn1)N1CCN(c2cnn(C)c2)C(=O)C1.I. The van der Waals surface area contributed by atoms with Crippen molar-refractivity contribution in [3.05, 3.63) is 35.7 Å². The second-order valence-corrected chi connectivity index (χ2v) is 6.67. The van der Waals surface area contributed by atoms with Gasteiger partial charge in [-0.2, -0.15) is 5.10 Å². The number of carbonyl (C=O) groups excluding carboxylic acids is 1. The normalized spacial score (nSPS) is 14.6. The van der Waals surface area contributed by atoms with Crippen LogP contribution >= 0.6 is 35.6 Å². The molecule has 9 nitrogen and oxygen atoms in total. The molecule has 0 spiro atoms. The molecule has 2 aromatic rings. The van der Waals surface area contributed by atoms with E-state index in [2.05, 4.69) is 20.4 Å². The summed E-state index contributed by atoms with van der Waals surface area (Å²) in [5, 5.41) is 7.94. The third-order valence-electron chi connectivity index (χ3n) is 4.16. The van der Waals surface area contributed by atoms with Crippen molar-refractivity contribution in [1.29, 1.82) is 0 Å². The topological polar surface area (TPSA) is 87.9 Å². The van der Waals surface area contributed by atoms with Gasteiger partial charge in [0.1, 0.15) is 13.2 Å². The lowest BCUT2D eigenvalue weighted by molar-refractivity contribution is -0.120. The molecule has 0 atom stereocenters. The highest BCUT2D eigenvalue weighted by Gasteiger charge is 2.27. The van der Waals surface area contributed by atoms with Crippen molar-refractivity contribution in [2.45, 2.75) is 6.92 Å². The lowest BCUT2D eigenvalue weighted by Gasteiger charge is -2.35. The molecule has 0 radical (unpaired) electrons. The molecule has 29 heavy (non-hydrogen) atoms. The summed E-state index contributed by atoms with van der Waals surface area (Å²) in [4.78, 5) is 25.0. The number of aromatic nitrogens is 3. The zero-order valence-corrected chi connectivity index (χ0v) is 19.5. The molecule has 1 N–H and O–H groups in total.